The molecule has 0 bridgehead atoms. The molecule has 0 atom stereocenters. The molecule has 0 N–H and O–H groups in total. The molecule has 182 valence electrons. The van der Waals surface area contributed by atoms with Gasteiger partial charge in [-0.2, -0.15) is 0 Å². The molecule has 0 aliphatic rings. The number of fused-ring (bicyclic) bond motifs is 3. The van der Waals surface area contributed by atoms with Crippen molar-refractivity contribution >= 4 is 21.8 Å². The minimum atomic E-state index is 0.999. The first-order chi connectivity index (χ1) is 17.9. The van der Waals surface area contributed by atoms with Crippen LogP contribution in [-0.4, -0.2) is 4.57 Å². The maximum atomic E-state index is 2.46. The van der Waals surface area contributed by atoms with Crippen LogP contribution >= 0.6 is 0 Å². The van der Waals surface area contributed by atoms with E-state index in [4.69, 9.17) is 0 Å². The second kappa shape index (κ2) is 9.09. The van der Waals surface area contributed by atoms with E-state index in [2.05, 4.69) is 136 Å². The zero-order valence-corrected chi connectivity index (χ0v) is 22.4. The van der Waals surface area contributed by atoms with Crippen LogP contribution < -0.4 is 0 Å². The predicted octanol–water partition coefficient (Wildman–Crippen LogP) is 9.91. The second-order valence-corrected chi connectivity index (χ2v) is 10.5. The number of hydrogen-bond acceptors (Lipinski definition) is 0. The average molecular weight is 480 g/mol. The normalized spacial score (nSPS) is 11.5. The van der Waals surface area contributed by atoms with E-state index in [-0.39, 0.29) is 0 Å². The summed E-state index contributed by atoms with van der Waals surface area (Å²) in [6, 6.07) is 36.4. The first-order valence-electron chi connectivity index (χ1n) is 13.2. The highest BCUT2D eigenvalue weighted by molar-refractivity contribution is 6.11. The van der Waals surface area contributed by atoms with Crippen LogP contribution in [0.15, 0.2) is 97.1 Å². The smallest absolute Gasteiger partial charge is 0.0541 e. The van der Waals surface area contributed by atoms with E-state index in [0.717, 1.165) is 6.42 Å². The fourth-order valence-electron chi connectivity index (χ4n) is 5.95. The third kappa shape index (κ3) is 4.15. The zero-order valence-electron chi connectivity index (χ0n) is 22.4. The second-order valence-electron chi connectivity index (χ2n) is 10.5. The summed E-state index contributed by atoms with van der Waals surface area (Å²) in [4.78, 5) is 0. The molecule has 0 saturated carbocycles. The van der Waals surface area contributed by atoms with E-state index in [1.54, 1.807) is 0 Å². The number of nitrogens with zero attached hydrogens (tertiary/aromatic N) is 1. The Morgan fingerprint density at radius 2 is 0.946 bits per heavy atom. The molecule has 5 aromatic carbocycles. The molecule has 0 aliphatic heterocycles. The number of benzene rings is 5. The SMILES string of the molecule is CCc1ccccc1-n1c2ccc(-c3cc(C)cc(C)c3)cc2c2cc(-c3cc(C)cc(C)c3)ccc21. The van der Waals surface area contributed by atoms with Crippen molar-refractivity contribution in [3.8, 4) is 27.9 Å². The Morgan fingerprint density at radius 3 is 1.41 bits per heavy atom. The average Bonchev–Trinajstić information content (AvgIpc) is 3.20. The van der Waals surface area contributed by atoms with Crippen molar-refractivity contribution in [1.82, 2.24) is 4.57 Å². The molecule has 0 saturated heterocycles. The Hall–Kier alpha value is -4.10. The van der Waals surface area contributed by atoms with Crippen molar-refractivity contribution in [2.24, 2.45) is 0 Å². The number of hydrogen-bond donors (Lipinski definition) is 0. The van der Waals surface area contributed by atoms with Crippen LogP contribution in [0, 0.1) is 27.7 Å². The summed E-state index contributed by atoms with van der Waals surface area (Å²) < 4.78 is 2.46. The third-order valence-corrected chi connectivity index (χ3v) is 7.49. The van der Waals surface area contributed by atoms with Gasteiger partial charge in [-0.1, -0.05) is 95.9 Å². The van der Waals surface area contributed by atoms with Gasteiger partial charge in [-0.3, -0.25) is 0 Å². The fraction of sp³-hybridized carbons (Fsp3) is 0.167. The van der Waals surface area contributed by atoms with E-state index in [0.29, 0.717) is 0 Å². The van der Waals surface area contributed by atoms with Gasteiger partial charge in [0.2, 0.25) is 0 Å². The van der Waals surface area contributed by atoms with Crippen LogP contribution in [0.4, 0.5) is 0 Å². The lowest BCUT2D eigenvalue weighted by Gasteiger charge is -2.13. The molecule has 1 nitrogen and oxygen atoms in total. The molecule has 37 heavy (non-hydrogen) atoms. The van der Waals surface area contributed by atoms with Gasteiger partial charge < -0.3 is 4.57 Å². The highest BCUT2D eigenvalue weighted by atomic mass is 15.0. The van der Waals surface area contributed by atoms with Crippen molar-refractivity contribution in [3.63, 3.8) is 0 Å². The standard InChI is InChI=1S/C36H33N/c1-6-27-9-7-8-10-34(27)37-35-13-11-28(30-17-23(2)15-24(3)18-30)21-32(35)33-22-29(12-14-36(33)37)31-19-25(4)16-26(5)20-31/h7-22H,6H2,1-5H3. The van der Waals surface area contributed by atoms with Crippen LogP contribution in [0.25, 0.3) is 49.7 Å². The van der Waals surface area contributed by atoms with Crippen molar-refractivity contribution in [2.45, 2.75) is 41.0 Å². The molecule has 0 aliphatic carbocycles. The first-order valence-corrected chi connectivity index (χ1v) is 13.2. The molecular formula is C36H33N. The summed E-state index contributed by atoms with van der Waals surface area (Å²) in [5, 5.41) is 2.59. The fourth-order valence-corrected chi connectivity index (χ4v) is 5.95. The highest BCUT2D eigenvalue weighted by Crippen LogP contribution is 2.38. The molecule has 0 unspecified atom stereocenters. The number of aromatic nitrogens is 1. The van der Waals surface area contributed by atoms with Gasteiger partial charge in [0.1, 0.15) is 0 Å². The monoisotopic (exact) mass is 479 g/mol. The minimum Gasteiger partial charge on any atom is -0.309 e. The van der Waals surface area contributed by atoms with Crippen molar-refractivity contribution in [3.05, 3.63) is 125 Å². The van der Waals surface area contributed by atoms with E-state index >= 15 is 0 Å². The lowest BCUT2D eigenvalue weighted by atomic mass is 9.97. The summed E-state index contributed by atoms with van der Waals surface area (Å²) in [7, 11) is 0. The molecule has 1 aromatic heterocycles. The van der Waals surface area contributed by atoms with Gasteiger partial charge in [-0.25, -0.2) is 0 Å². The Labute approximate surface area is 220 Å². The molecule has 0 fully saturated rings. The molecule has 0 spiro atoms. The van der Waals surface area contributed by atoms with Crippen LogP contribution in [0.1, 0.15) is 34.7 Å². The summed E-state index contributed by atoms with van der Waals surface area (Å²) in [6.45, 7) is 11.0. The predicted molar refractivity (Wildman–Crippen MR) is 160 cm³/mol. The van der Waals surface area contributed by atoms with Gasteiger partial charge in [0, 0.05) is 16.5 Å². The first kappa shape index (κ1) is 23.3. The molecule has 0 amide bonds. The highest BCUT2D eigenvalue weighted by Gasteiger charge is 2.16. The van der Waals surface area contributed by atoms with Crippen molar-refractivity contribution in [1.29, 1.82) is 0 Å². The van der Waals surface area contributed by atoms with E-state index < -0.39 is 0 Å². The maximum absolute atomic E-state index is 2.46. The Balaban J connectivity index is 1.67. The van der Waals surface area contributed by atoms with Gasteiger partial charge in [-0.05, 0) is 92.3 Å². The number of rotatable bonds is 4. The van der Waals surface area contributed by atoms with Crippen molar-refractivity contribution in [2.75, 3.05) is 0 Å². The van der Waals surface area contributed by atoms with E-state index in [9.17, 15) is 0 Å². The molecule has 6 rings (SSSR count). The zero-order chi connectivity index (χ0) is 25.7. The summed E-state index contributed by atoms with van der Waals surface area (Å²) >= 11 is 0. The Kier molecular flexibility index (Phi) is 5.72. The topological polar surface area (TPSA) is 4.93 Å². The summed E-state index contributed by atoms with van der Waals surface area (Å²) in [5.41, 5.74) is 15.4. The van der Waals surface area contributed by atoms with E-state index in [1.807, 2.05) is 0 Å². The van der Waals surface area contributed by atoms with Gasteiger partial charge in [0.05, 0.1) is 11.0 Å². The lowest BCUT2D eigenvalue weighted by Crippen LogP contribution is -1.98. The maximum Gasteiger partial charge on any atom is 0.0541 e. The number of para-hydroxylation sites is 1. The van der Waals surface area contributed by atoms with Crippen LogP contribution in [0.5, 0.6) is 0 Å². The molecule has 0 radical (unpaired) electrons. The number of aryl methyl sites for hydroxylation is 5. The summed E-state index contributed by atoms with van der Waals surface area (Å²) in [5.74, 6) is 0. The Morgan fingerprint density at radius 1 is 0.486 bits per heavy atom. The quantitative estimate of drug-likeness (QED) is 0.237. The van der Waals surface area contributed by atoms with Gasteiger partial charge in [0.15, 0.2) is 0 Å². The Bertz CT molecular complexity index is 1650. The van der Waals surface area contributed by atoms with Gasteiger partial charge in [-0.15, -0.1) is 0 Å². The molecular weight excluding hydrogens is 446 g/mol. The van der Waals surface area contributed by atoms with Gasteiger partial charge in [0.25, 0.3) is 0 Å². The van der Waals surface area contributed by atoms with Crippen LogP contribution in [-0.2, 0) is 6.42 Å². The van der Waals surface area contributed by atoms with Crippen molar-refractivity contribution < 1.29 is 0 Å². The molecule has 1 heterocycles. The lowest BCUT2D eigenvalue weighted by molar-refractivity contribution is 1.07. The summed E-state index contributed by atoms with van der Waals surface area (Å²) in [6.07, 6.45) is 0.999. The molecule has 1 heteroatoms. The van der Waals surface area contributed by atoms with E-state index in [1.165, 1.54) is 77.6 Å². The van der Waals surface area contributed by atoms with Crippen LogP contribution in [0.3, 0.4) is 0 Å². The third-order valence-electron chi connectivity index (χ3n) is 7.49. The largest absolute Gasteiger partial charge is 0.309 e. The van der Waals surface area contributed by atoms with Gasteiger partial charge >= 0.3 is 0 Å². The molecule has 6 aromatic rings. The van der Waals surface area contributed by atoms with Crippen LogP contribution in [0.2, 0.25) is 0 Å². The minimum absolute atomic E-state index is 0.999.